The van der Waals surface area contributed by atoms with E-state index in [4.69, 9.17) is 0 Å². The van der Waals surface area contributed by atoms with Gasteiger partial charge in [0.2, 0.25) is 5.91 Å². The van der Waals surface area contributed by atoms with E-state index in [9.17, 15) is 4.79 Å². The molecule has 0 aliphatic carbocycles. The molecule has 0 saturated heterocycles. The van der Waals surface area contributed by atoms with E-state index in [0.29, 0.717) is 6.04 Å². The zero-order valence-electron chi connectivity index (χ0n) is 11.3. The van der Waals surface area contributed by atoms with Crippen LogP contribution in [0.15, 0.2) is 0 Å². The fourth-order valence-electron chi connectivity index (χ4n) is 1.41. The van der Waals surface area contributed by atoms with Crippen LogP contribution in [-0.4, -0.2) is 37.5 Å². The molecule has 0 rings (SSSR count). The van der Waals surface area contributed by atoms with Crippen LogP contribution in [0.25, 0.3) is 0 Å². The summed E-state index contributed by atoms with van der Waals surface area (Å²) in [5, 5.41) is 2.82. The molecule has 0 spiro atoms. The Hall–Kier alpha value is -0.570. The summed E-state index contributed by atoms with van der Waals surface area (Å²) in [6.45, 7) is 8.54. The van der Waals surface area contributed by atoms with Gasteiger partial charge in [0.25, 0.3) is 0 Å². The third kappa shape index (κ3) is 11.4. The zero-order valence-corrected chi connectivity index (χ0v) is 11.3. The lowest BCUT2D eigenvalue weighted by Gasteiger charge is -2.23. The molecule has 1 amide bonds. The quantitative estimate of drug-likeness (QED) is 0.738. The van der Waals surface area contributed by atoms with E-state index in [1.807, 2.05) is 13.8 Å². The van der Waals surface area contributed by atoms with Crippen LogP contribution in [0.5, 0.6) is 0 Å². The Morgan fingerprint density at radius 1 is 1.27 bits per heavy atom. The molecule has 1 unspecified atom stereocenters. The second-order valence-electron chi connectivity index (χ2n) is 3.68. The monoisotopic (exact) mass is 216 g/mol. The molecule has 3 heteroatoms. The topological polar surface area (TPSA) is 32.3 Å². The summed E-state index contributed by atoms with van der Waals surface area (Å²) in [7, 11) is 4.18. The molecule has 92 valence electrons. The Bertz CT molecular complexity index is 147. The lowest BCUT2D eigenvalue weighted by Crippen LogP contribution is -2.32. The predicted octanol–water partition coefficient (Wildman–Crippen LogP) is 2.27. The van der Waals surface area contributed by atoms with Crippen molar-refractivity contribution >= 4 is 5.91 Å². The highest BCUT2D eigenvalue weighted by atomic mass is 16.1. The van der Waals surface area contributed by atoms with Crippen molar-refractivity contribution in [3.8, 4) is 0 Å². The number of nitrogens with zero attached hydrogens (tertiary/aromatic N) is 1. The number of rotatable bonds is 6. The van der Waals surface area contributed by atoms with Gasteiger partial charge in [0.05, 0.1) is 0 Å². The summed E-state index contributed by atoms with van der Waals surface area (Å²) in [4.78, 5) is 12.9. The average Bonchev–Trinajstić information content (AvgIpc) is 2.19. The maximum absolute atomic E-state index is 10.6. The Morgan fingerprint density at radius 3 is 2.13 bits per heavy atom. The molecule has 0 aliphatic rings. The number of nitrogens with one attached hydrogen (secondary N) is 1. The average molecular weight is 216 g/mol. The van der Waals surface area contributed by atoms with E-state index in [1.54, 1.807) is 6.92 Å². The van der Waals surface area contributed by atoms with Gasteiger partial charge in [-0.2, -0.15) is 0 Å². The number of hydrogen-bond acceptors (Lipinski definition) is 2. The number of carbonyl (C=O) groups excluding carboxylic acids is 1. The van der Waals surface area contributed by atoms with Gasteiger partial charge in [-0.25, -0.2) is 0 Å². The molecule has 0 radical (unpaired) electrons. The van der Waals surface area contributed by atoms with Gasteiger partial charge in [0.1, 0.15) is 0 Å². The Balaban J connectivity index is 0. The summed E-state index contributed by atoms with van der Waals surface area (Å²) in [5.74, 6) is 0.0639. The molecule has 1 N–H and O–H groups in total. The van der Waals surface area contributed by atoms with Gasteiger partial charge in [0, 0.05) is 19.5 Å². The Labute approximate surface area is 95.2 Å². The van der Waals surface area contributed by atoms with E-state index in [0.717, 1.165) is 13.0 Å². The van der Waals surface area contributed by atoms with E-state index < -0.39 is 0 Å². The van der Waals surface area contributed by atoms with E-state index in [1.165, 1.54) is 12.8 Å². The molecular weight excluding hydrogens is 188 g/mol. The summed E-state index contributed by atoms with van der Waals surface area (Å²) < 4.78 is 0. The van der Waals surface area contributed by atoms with E-state index >= 15 is 0 Å². The molecule has 3 nitrogen and oxygen atoms in total. The van der Waals surface area contributed by atoms with Crippen LogP contribution in [0, 0.1) is 0 Å². The highest BCUT2D eigenvalue weighted by molar-refractivity contribution is 5.72. The van der Waals surface area contributed by atoms with Crippen LogP contribution in [0.4, 0.5) is 0 Å². The van der Waals surface area contributed by atoms with Gasteiger partial charge in [-0.3, -0.25) is 4.79 Å². The summed E-state index contributed by atoms with van der Waals surface area (Å²) in [5.41, 5.74) is 0. The lowest BCUT2D eigenvalue weighted by molar-refractivity contribution is -0.119. The van der Waals surface area contributed by atoms with Crippen molar-refractivity contribution in [3.05, 3.63) is 0 Å². The third-order valence-corrected chi connectivity index (χ3v) is 2.20. The molecule has 0 aromatic heterocycles. The van der Waals surface area contributed by atoms with Crippen LogP contribution in [-0.2, 0) is 4.79 Å². The highest BCUT2D eigenvalue weighted by Crippen LogP contribution is 2.06. The second kappa shape index (κ2) is 11.5. The van der Waals surface area contributed by atoms with Crippen molar-refractivity contribution in [2.24, 2.45) is 0 Å². The van der Waals surface area contributed by atoms with Crippen molar-refractivity contribution in [2.75, 3.05) is 20.6 Å². The predicted molar refractivity (Wildman–Crippen MR) is 67.0 cm³/mol. The first-order chi connectivity index (χ1) is 7.07. The molecule has 0 aromatic carbocycles. The first kappa shape index (κ1) is 16.8. The number of amides is 1. The maximum Gasteiger partial charge on any atom is 0.216 e. The van der Waals surface area contributed by atoms with Crippen LogP contribution in [0.3, 0.4) is 0 Å². The van der Waals surface area contributed by atoms with Gasteiger partial charge in [-0.1, -0.05) is 27.2 Å². The number of hydrogen-bond donors (Lipinski definition) is 1. The highest BCUT2D eigenvalue weighted by Gasteiger charge is 2.09. The smallest absolute Gasteiger partial charge is 0.216 e. The Morgan fingerprint density at radius 2 is 1.80 bits per heavy atom. The first-order valence-corrected chi connectivity index (χ1v) is 5.98. The molecule has 1 atom stereocenters. The second-order valence-corrected chi connectivity index (χ2v) is 3.68. The van der Waals surface area contributed by atoms with Crippen molar-refractivity contribution < 1.29 is 4.79 Å². The summed E-state index contributed by atoms with van der Waals surface area (Å²) in [6.07, 6.45) is 3.44. The minimum atomic E-state index is 0.0639. The zero-order chi connectivity index (χ0) is 12.3. The molecule has 0 aliphatic heterocycles. The Kier molecular flexibility index (Phi) is 12.9. The SMILES string of the molecule is CC.CCCC(CCNC(C)=O)N(C)C. The van der Waals surface area contributed by atoms with Crippen molar-refractivity contribution in [2.45, 2.75) is 53.0 Å². The van der Waals surface area contributed by atoms with Gasteiger partial charge in [0.15, 0.2) is 0 Å². The van der Waals surface area contributed by atoms with Crippen LogP contribution < -0.4 is 5.32 Å². The maximum atomic E-state index is 10.6. The minimum Gasteiger partial charge on any atom is -0.356 e. The van der Waals surface area contributed by atoms with E-state index in [-0.39, 0.29) is 5.91 Å². The van der Waals surface area contributed by atoms with Crippen LogP contribution in [0.1, 0.15) is 47.0 Å². The number of carbonyl (C=O) groups is 1. The fraction of sp³-hybridized carbons (Fsp3) is 0.917. The largest absolute Gasteiger partial charge is 0.356 e. The molecule has 0 bridgehead atoms. The van der Waals surface area contributed by atoms with Gasteiger partial charge >= 0.3 is 0 Å². The lowest BCUT2D eigenvalue weighted by atomic mass is 10.1. The van der Waals surface area contributed by atoms with Crippen LogP contribution >= 0.6 is 0 Å². The summed E-state index contributed by atoms with van der Waals surface area (Å²) >= 11 is 0. The van der Waals surface area contributed by atoms with Gasteiger partial charge < -0.3 is 10.2 Å². The first-order valence-electron chi connectivity index (χ1n) is 5.98. The van der Waals surface area contributed by atoms with Crippen molar-refractivity contribution in [3.63, 3.8) is 0 Å². The molecule has 15 heavy (non-hydrogen) atoms. The fourth-order valence-corrected chi connectivity index (χ4v) is 1.41. The molecule has 0 fully saturated rings. The van der Waals surface area contributed by atoms with Crippen LogP contribution in [0.2, 0.25) is 0 Å². The third-order valence-electron chi connectivity index (χ3n) is 2.20. The molecular formula is C12H28N2O. The minimum absolute atomic E-state index is 0.0639. The van der Waals surface area contributed by atoms with Gasteiger partial charge in [-0.15, -0.1) is 0 Å². The molecule has 0 saturated carbocycles. The van der Waals surface area contributed by atoms with E-state index in [2.05, 4.69) is 31.2 Å². The normalized spacial score (nSPS) is 11.7. The standard InChI is InChI=1S/C10H22N2O.C2H6/c1-5-6-10(12(3)4)7-8-11-9(2)13;1-2/h10H,5-8H2,1-4H3,(H,11,13);1-2H3. The summed E-state index contributed by atoms with van der Waals surface area (Å²) in [6, 6.07) is 0.594. The molecule has 0 aromatic rings. The van der Waals surface area contributed by atoms with Crippen molar-refractivity contribution in [1.29, 1.82) is 0 Å². The van der Waals surface area contributed by atoms with Gasteiger partial charge in [-0.05, 0) is 26.9 Å². The molecule has 0 heterocycles. The van der Waals surface area contributed by atoms with Crippen molar-refractivity contribution in [1.82, 2.24) is 10.2 Å².